The summed E-state index contributed by atoms with van der Waals surface area (Å²) < 4.78 is 0. The highest BCUT2D eigenvalue weighted by molar-refractivity contribution is 5.79. The van der Waals surface area contributed by atoms with Crippen molar-refractivity contribution in [2.45, 2.75) is 25.7 Å². The topological polar surface area (TPSA) is 32.3 Å². The molecule has 3 nitrogen and oxygen atoms in total. The predicted molar refractivity (Wildman–Crippen MR) is 82.6 cm³/mol. The van der Waals surface area contributed by atoms with Gasteiger partial charge >= 0.3 is 0 Å². The minimum absolute atomic E-state index is 0.165. The Morgan fingerprint density at radius 2 is 2.00 bits per heavy atom. The third kappa shape index (κ3) is 3.77. The van der Waals surface area contributed by atoms with Crippen LogP contribution in [0.5, 0.6) is 0 Å². The fraction of sp³-hybridized carbons (Fsp3) is 0.471. The molecule has 0 radical (unpaired) electrons. The van der Waals surface area contributed by atoms with E-state index in [1.807, 2.05) is 43.3 Å². The van der Waals surface area contributed by atoms with E-state index in [9.17, 15) is 4.79 Å². The van der Waals surface area contributed by atoms with Gasteiger partial charge in [0.15, 0.2) is 0 Å². The van der Waals surface area contributed by atoms with Crippen LogP contribution in [0.15, 0.2) is 24.3 Å². The first-order valence-corrected chi connectivity index (χ1v) is 7.21. The monoisotopic (exact) mass is 270 g/mol. The summed E-state index contributed by atoms with van der Waals surface area (Å²) in [5, 5.41) is 2.92. The number of carbonyl (C=O) groups excluding carboxylic acids is 1. The fourth-order valence-electron chi connectivity index (χ4n) is 2.57. The molecule has 0 bridgehead atoms. The predicted octanol–water partition coefficient (Wildman–Crippen LogP) is 2.41. The van der Waals surface area contributed by atoms with E-state index in [0.29, 0.717) is 6.54 Å². The van der Waals surface area contributed by atoms with Crippen LogP contribution < -0.4 is 10.2 Å². The van der Waals surface area contributed by atoms with Crippen molar-refractivity contribution in [3.63, 3.8) is 0 Å². The first-order chi connectivity index (χ1) is 9.68. The molecule has 0 spiro atoms. The first kappa shape index (κ1) is 14.5. The van der Waals surface area contributed by atoms with Gasteiger partial charge in [-0.1, -0.05) is 36.8 Å². The molecule has 1 aromatic carbocycles. The zero-order chi connectivity index (χ0) is 14.4. The number of anilines is 1. The standard InChI is InChI=1S/C17H22N2O/c1-19(2)16-12-6-5-8-14(16)11-7-13-18-17(20)15-9-3-4-10-15/h5-6,8,12,15H,3-4,9-10,13H2,1-2H3,(H,18,20). The molecule has 1 aliphatic carbocycles. The average molecular weight is 270 g/mol. The van der Waals surface area contributed by atoms with Gasteiger partial charge in [-0.2, -0.15) is 0 Å². The molecule has 106 valence electrons. The molecule has 1 fully saturated rings. The molecule has 0 aliphatic heterocycles. The molecule has 0 unspecified atom stereocenters. The molecule has 3 heteroatoms. The molecule has 0 saturated heterocycles. The van der Waals surface area contributed by atoms with Crippen LogP contribution in [-0.4, -0.2) is 26.5 Å². The van der Waals surface area contributed by atoms with Gasteiger partial charge in [0.1, 0.15) is 0 Å². The van der Waals surface area contributed by atoms with Crippen molar-refractivity contribution in [3.05, 3.63) is 29.8 Å². The van der Waals surface area contributed by atoms with Crippen molar-refractivity contribution >= 4 is 11.6 Å². The maximum atomic E-state index is 11.8. The Kier molecular flexibility index (Phi) is 5.06. The molecule has 1 N–H and O–H groups in total. The minimum Gasteiger partial charge on any atom is -0.377 e. The lowest BCUT2D eigenvalue weighted by Gasteiger charge is -2.14. The quantitative estimate of drug-likeness (QED) is 0.856. The molecule has 1 saturated carbocycles. The summed E-state index contributed by atoms with van der Waals surface area (Å²) in [5.74, 6) is 6.56. The third-order valence-corrected chi connectivity index (χ3v) is 3.69. The number of nitrogens with zero attached hydrogens (tertiary/aromatic N) is 1. The van der Waals surface area contributed by atoms with Crippen molar-refractivity contribution in [3.8, 4) is 11.8 Å². The average Bonchev–Trinajstić information content (AvgIpc) is 2.98. The summed E-state index contributed by atoms with van der Waals surface area (Å²) in [5.41, 5.74) is 2.09. The van der Waals surface area contributed by atoms with E-state index in [1.54, 1.807) is 0 Å². The molecule has 1 amide bonds. The Hall–Kier alpha value is -1.95. The third-order valence-electron chi connectivity index (χ3n) is 3.69. The maximum absolute atomic E-state index is 11.8. The second-order valence-electron chi connectivity index (χ2n) is 5.41. The SMILES string of the molecule is CN(C)c1ccccc1C#CCNC(=O)C1CCCC1. The summed E-state index contributed by atoms with van der Waals surface area (Å²) in [4.78, 5) is 13.9. The number of para-hydroxylation sites is 1. The number of benzene rings is 1. The second-order valence-corrected chi connectivity index (χ2v) is 5.41. The van der Waals surface area contributed by atoms with Gasteiger partial charge in [0.05, 0.1) is 12.2 Å². The van der Waals surface area contributed by atoms with Gasteiger partial charge in [0.2, 0.25) is 5.91 Å². The Balaban J connectivity index is 1.90. The van der Waals surface area contributed by atoms with Crippen LogP contribution in [0.3, 0.4) is 0 Å². The molecular formula is C17H22N2O. The van der Waals surface area contributed by atoms with Crippen molar-refractivity contribution in [2.24, 2.45) is 5.92 Å². The lowest BCUT2D eigenvalue weighted by atomic mass is 10.1. The lowest BCUT2D eigenvalue weighted by molar-refractivity contribution is -0.124. The van der Waals surface area contributed by atoms with Crippen LogP contribution in [0.4, 0.5) is 5.69 Å². The second kappa shape index (κ2) is 7.00. The highest BCUT2D eigenvalue weighted by Gasteiger charge is 2.21. The van der Waals surface area contributed by atoms with E-state index in [0.717, 1.165) is 24.1 Å². The molecule has 0 aromatic heterocycles. The highest BCUT2D eigenvalue weighted by Crippen LogP contribution is 2.24. The number of nitrogens with one attached hydrogen (secondary N) is 1. The van der Waals surface area contributed by atoms with Crippen LogP contribution in [0.1, 0.15) is 31.2 Å². The lowest BCUT2D eigenvalue weighted by Crippen LogP contribution is -2.29. The Morgan fingerprint density at radius 1 is 1.30 bits per heavy atom. The summed E-state index contributed by atoms with van der Waals surface area (Å²) >= 11 is 0. The van der Waals surface area contributed by atoms with Crippen LogP contribution in [0, 0.1) is 17.8 Å². The van der Waals surface area contributed by atoms with Crippen LogP contribution in [0.2, 0.25) is 0 Å². The van der Waals surface area contributed by atoms with E-state index in [-0.39, 0.29) is 11.8 Å². The van der Waals surface area contributed by atoms with Gasteiger partial charge in [-0.15, -0.1) is 0 Å². The van der Waals surface area contributed by atoms with Gasteiger partial charge in [-0.3, -0.25) is 4.79 Å². The van der Waals surface area contributed by atoms with Crippen LogP contribution in [0.25, 0.3) is 0 Å². The highest BCUT2D eigenvalue weighted by atomic mass is 16.1. The molecule has 20 heavy (non-hydrogen) atoms. The Bertz CT molecular complexity index is 519. The van der Waals surface area contributed by atoms with Crippen molar-refractivity contribution in [1.29, 1.82) is 0 Å². The van der Waals surface area contributed by atoms with Crippen LogP contribution in [-0.2, 0) is 4.79 Å². The van der Waals surface area contributed by atoms with E-state index >= 15 is 0 Å². The summed E-state index contributed by atoms with van der Waals surface area (Å²) in [6, 6.07) is 8.03. The fourth-order valence-corrected chi connectivity index (χ4v) is 2.57. The molecular weight excluding hydrogens is 248 g/mol. The van der Waals surface area contributed by atoms with E-state index in [2.05, 4.69) is 17.2 Å². The Labute approximate surface area is 121 Å². The van der Waals surface area contributed by atoms with E-state index in [4.69, 9.17) is 0 Å². The van der Waals surface area contributed by atoms with Gasteiger partial charge in [0, 0.05) is 25.6 Å². The summed E-state index contributed by atoms with van der Waals surface area (Å²) in [6.07, 6.45) is 4.42. The van der Waals surface area contributed by atoms with Crippen LogP contribution >= 0.6 is 0 Å². The van der Waals surface area contributed by atoms with E-state index in [1.165, 1.54) is 12.8 Å². The minimum atomic E-state index is 0.165. The molecule has 1 aromatic rings. The Morgan fingerprint density at radius 3 is 2.70 bits per heavy atom. The van der Waals surface area contributed by atoms with Gasteiger partial charge in [-0.25, -0.2) is 0 Å². The number of carbonyl (C=O) groups is 1. The summed E-state index contributed by atoms with van der Waals surface area (Å²) in [6.45, 7) is 0.428. The van der Waals surface area contributed by atoms with E-state index < -0.39 is 0 Å². The largest absolute Gasteiger partial charge is 0.377 e. The van der Waals surface area contributed by atoms with Gasteiger partial charge < -0.3 is 10.2 Å². The normalized spacial score (nSPS) is 14.5. The van der Waals surface area contributed by atoms with Crippen molar-refractivity contribution in [1.82, 2.24) is 5.32 Å². The molecule has 0 heterocycles. The zero-order valence-electron chi connectivity index (χ0n) is 12.3. The van der Waals surface area contributed by atoms with Crippen molar-refractivity contribution in [2.75, 3.05) is 25.5 Å². The molecule has 0 atom stereocenters. The summed E-state index contributed by atoms with van der Waals surface area (Å²) in [7, 11) is 4.00. The zero-order valence-corrected chi connectivity index (χ0v) is 12.3. The van der Waals surface area contributed by atoms with Gasteiger partial charge in [-0.05, 0) is 25.0 Å². The molecule has 2 rings (SSSR count). The number of hydrogen-bond acceptors (Lipinski definition) is 2. The first-order valence-electron chi connectivity index (χ1n) is 7.21. The number of hydrogen-bond donors (Lipinski definition) is 1. The number of amides is 1. The van der Waals surface area contributed by atoms with Crippen molar-refractivity contribution < 1.29 is 4.79 Å². The smallest absolute Gasteiger partial charge is 0.223 e. The maximum Gasteiger partial charge on any atom is 0.223 e. The van der Waals surface area contributed by atoms with Gasteiger partial charge in [0.25, 0.3) is 0 Å². The number of rotatable bonds is 3. The molecule has 1 aliphatic rings.